The minimum Gasteiger partial charge on any atom is -0.491 e. The molecule has 2 unspecified atom stereocenters. The lowest BCUT2D eigenvalue weighted by atomic mass is 9.87. The fourth-order valence-electron chi connectivity index (χ4n) is 4.70. The summed E-state index contributed by atoms with van der Waals surface area (Å²) in [6.45, 7) is 0.00689. The Labute approximate surface area is 186 Å². The number of aliphatic hydroxyl groups excluding tert-OH is 4. The summed E-state index contributed by atoms with van der Waals surface area (Å²) < 4.78 is 11.6. The molecular weight excluding hydrogens is 420 g/mol. The first-order valence-corrected chi connectivity index (χ1v) is 11.2. The van der Waals surface area contributed by atoms with Gasteiger partial charge in [0, 0.05) is 12.0 Å². The van der Waals surface area contributed by atoms with Crippen molar-refractivity contribution in [3.8, 4) is 5.75 Å². The number of hydrogen-bond donors (Lipinski definition) is 4. The van der Waals surface area contributed by atoms with Crippen LogP contribution in [0.1, 0.15) is 52.7 Å². The maximum atomic E-state index is 10.7. The Morgan fingerprint density at radius 2 is 1.74 bits per heavy atom. The third kappa shape index (κ3) is 3.86. The standard InChI is InChI=1S/C24H27ClO6/c25-19-15(9-12-1-3-13(4-2-12)14-5-6-14)10-17(16-7-8-30-23(16)19)24-22(29)21(28)20(27)18(11-26)31-24/h1-4,10,14,18,20-22,24,26-29H,5-9,11H2/t18-,20?,21+,22?,24+/m1/s1. The summed E-state index contributed by atoms with van der Waals surface area (Å²) in [4.78, 5) is 0. The SMILES string of the molecule is OC[C@H]1O[C@@H](c2cc(Cc3ccc(C4CC4)cc3)c(Cl)c3c2CCO3)C(O)[C@@H](O)C1O. The summed E-state index contributed by atoms with van der Waals surface area (Å²) >= 11 is 6.69. The number of hydrogen-bond acceptors (Lipinski definition) is 6. The van der Waals surface area contributed by atoms with Gasteiger partial charge < -0.3 is 29.9 Å². The van der Waals surface area contributed by atoms with E-state index in [-0.39, 0.29) is 0 Å². The first kappa shape index (κ1) is 21.2. The van der Waals surface area contributed by atoms with E-state index >= 15 is 0 Å². The monoisotopic (exact) mass is 446 g/mol. The van der Waals surface area contributed by atoms with E-state index in [2.05, 4.69) is 24.3 Å². The molecule has 5 atom stereocenters. The molecule has 2 aliphatic heterocycles. The van der Waals surface area contributed by atoms with E-state index in [0.717, 1.165) is 16.7 Å². The molecule has 0 aromatic heterocycles. The van der Waals surface area contributed by atoms with Crippen molar-refractivity contribution in [1.82, 2.24) is 0 Å². The van der Waals surface area contributed by atoms with E-state index in [1.165, 1.54) is 18.4 Å². The molecule has 2 aromatic rings. The highest BCUT2D eigenvalue weighted by molar-refractivity contribution is 6.33. The minimum absolute atomic E-state index is 0.464. The highest BCUT2D eigenvalue weighted by atomic mass is 35.5. The van der Waals surface area contributed by atoms with Crippen LogP contribution in [0.3, 0.4) is 0 Å². The number of ether oxygens (including phenoxy) is 2. The van der Waals surface area contributed by atoms with Gasteiger partial charge >= 0.3 is 0 Å². The van der Waals surface area contributed by atoms with Crippen molar-refractivity contribution in [1.29, 1.82) is 0 Å². The lowest BCUT2D eigenvalue weighted by Crippen LogP contribution is -2.55. The number of aliphatic hydroxyl groups is 4. The van der Waals surface area contributed by atoms with Gasteiger partial charge in [-0.25, -0.2) is 0 Å². The zero-order valence-electron chi connectivity index (χ0n) is 17.1. The van der Waals surface area contributed by atoms with Crippen molar-refractivity contribution in [3.63, 3.8) is 0 Å². The molecule has 0 spiro atoms. The lowest BCUT2D eigenvalue weighted by molar-refractivity contribution is -0.231. The second kappa shape index (κ2) is 8.35. The molecule has 7 heteroatoms. The number of benzene rings is 2. The summed E-state index contributed by atoms with van der Waals surface area (Å²) in [6.07, 6.45) is -2.31. The van der Waals surface area contributed by atoms with Crippen LogP contribution >= 0.6 is 11.6 Å². The van der Waals surface area contributed by atoms with Gasteiger partial charge in [-0.2, -0.15) is 0 Å². The van der Waals surface area contributed by atoms with Crippen molar-refractivity contribution in [2.45, 2.75) is 62.1 Å². The average molecular weight is 447 g/mol. The summed E-state index contributed by atoms with van der Waals surface area (Å²) in [5.74, 6) is 1.28. The van der Waals surface area contributed by atoms with Gasteiger partial charge in [-0.05, 0) is 47.4 Å². The minimum atomic E-state index is -1.43. The van der Waals surface area contributed by atoms with Gasteiger partial charge in [0.25, 0.3) is 0 Å². The Morgan fingerprint density at radius 1 is 1.00 bits per heavy atom. The molecule has 2 fully saturated rings. The predicted molar refractivity (Wildman–Crippen MR) is 115 cm³/mol. The first-order valence-electron chi connectivity index (χ1n) is 10.8. The Morgan fingerprint density at radius 3 is 2.42 bits per heavy atom. The van der Waals surface area contributed by atoms with Crippen LogP contribution in [0, 0.1) is 0 Å². The fourth-order valence-corrected chi connectivity index (χ4v) is 4.99. The molecule has 1 saturated heterocycles. The van der Waals surface area contributed by atoms with E-state index in [1.807, 2.05) is 6.07 Å². The average Bonchev–Trinajstić information content (AvgIpc) is 3.51. The van der Waals surface area contributed by atoms with Gasteiger partial charge in [-0.15, -0.1) is 0 Å². The lowest BCUT2D eigenvalue weighted by Gasteiger charge is -2.40. The molecule has 31 heavy (non-hydrogen) atoms. The van der Waals surface area contributed by atoms with E-state index in [0.29, 0.717) is 41.7 Å². The van der Waals surface area contributed by atoms with Crippen LogP contribution < -0.4 is 4.74 Å². The molecule has 4 N–H and O–H groups in total. The Balaban J connectivity index is 1.50. The Hall–Kier alpha value is -1.67. The quantitative estimate of drug-likeness (QED) is 0.562. The number of halogens is 1. The van der Waals surface area contributed by atoms with Crippen LogP contribution in [0.5, 0.6) is 5.75 Å². The van der Waals surface area contributed by atoms with Crippen molar-refractivity contribution in [2.75, 3.05) is 13.2 Å². The zero-order valence-corrected chi connectivity index (χ0v) is 17.8. The Bertz CT molecular complexity index is 956. The summed E-state index contributed by atoms with van der Waals surface area (Å²) in [5.41, 5.74) is 4.84. The molecule has 1 saturated carbocycles. The van der Waals surface area contributed by atoms with Crippen LogP contribution in [0.2, 0.25) is 5.02 Å². The maximum absolute atomic E-state index is 10.7. The normalized spacial score (nSPS) is 30.2. The van der Waals surface area contributed by atoms with E-state index in [1.54, 1.807) is 0 Å². The van der Waals surface area contributed by atoms with Crippen LogP contribution in [-0.2, 0) is 17.6 Å². The third-order valence-electron chi connectivity index (χ3n) is 6.65. The molecule has 0 bridgehead atoms. The van der Waals surface area contributed by atoms with E-state index in [9.17, 15) is 20.4 Å². The van der Waals surface area contributed by atoms with Gasteiger partial charge in [0.2, 0.25) is 0 Å². The third-order valence-corrected chi connectivity index (χ3v) is 7.07. The molecule has 0 radical (unpaired) electrons. The van der Waals surface area contributed by atoms with Gasteiger partial charge in [0.05, 0.1) is 18.2 Å². The molecule has 5 rings (SSSR count). The van der Waals surface area contributed by atoms with Gasteiger partial charge in [-0.3, -0.25) is 0 Å². The maximum Gasteiger partial charge on any atom is 0.141 e. The smallest absolute Gasteiger partial charge is 0.141 e. The van der Waals surface area contributed by atoms with Gasteiger partial charge in [0.15, 0.2) is 0 Å². The Kier molecular flexibility index (Phi) is 5.71. The summed E-state index contributed by atoms with van der Waals surface area (Å²) in [5, 5.41) is 41.2. The molecule has 6 nitrogen and oxygen atoms in total. The van der Waals surface area contributed by atoms with E-state index < -0.39 is 37.1 Å². The number of rotatable bonds is 5. The predicted octanol–water partition coefficient (Wildman–Crippen LogP) is 2.26. The van der Waals surface area contributed by atoms with Gasteiger partial charge in [0.1, 0.15) is 36.3 Å². The first-order chi connectivity index (χ1) is 15.0. The largest absolute Gasteiger partial charge is 0.491 e. The molecular formula is C24H27ClO6. The van der Waals surface area contributed by atoms with Gasteiger partial charge in [-0.1, -0.05) is 41.9 Å². The highest BCUT2D eigenvalue weighted by Gasteiger charge is 2.45. The molecule has 166 valence electrons. The van der Waals surface area contributed by atoms with Crippen molar-refractivity contribution in [3.05, 3.63) is 63.2 Å². The van der Waals surface area contributed by atoms with Crippen LogP contribution in [0.15, 0.2) is 30.3 Å². The fraction of sp³-hybridized carbons (Fsp3) is 0.500. The number of fused-ring (bicyclic) bond motifs is 1. The molecule has 1 aliphatic carbocycles. The highest BCUT2D eigenvalue weighted by Crippen LogP contribution is 2.45. The van der Waals surface area contributed by atoms with Crippen molar-refractivity contribution in [2.24, 2.45) is 0 Å². The molecule has 2 aromatic carbocycles. The molecule has 3 aliphatic rings. The van der Waals surface area contributed by atoms with Crippen LogP contribution in [-0.4, -0.2) is 58.1 Å². The van der Waals surface area contributed by atoms with Crippen molar-refractivity contribution < 1.29 is 29.9 Å². The molecule has 2 heterocycles. The van der Waals surface area contributed by atoms with Crippen LogP contribution in [0.25, 0.3) is 0 Å². The van der Waals surface area contributed by atoms with E-state index in [4.69, 9.17) is 21.1 Å². The second-order valence-electron chi connectivity index (χ2n) is 8.79. The van der Waals surface area contributed by atoms with Crippen LogP contribution in [0.4, 0.5) is 0 Å². The second-order valence-corrected chi connectivity index (χ2v) is 9.17. The zero-order chi connectivity index (χ0) is 21.7. The molecule has 0 amide bonds. The topological polar surface area (TPSA) is 99.4 Å². The van der Waals surface area contributed by atoms with Crippen molar-refractivity contribution >= 4 is 11.6 Å². The summed E-state index contributed by atoms with van der Waals surface area (Å²) in [6, 6.07) is 10.5. The summed E-state index contributed by atoms with van der Waals surface area (Å²) in [7, 11) is 0.